The Kier molecular flexibility index (Phi) is 5.79. The summed E-state index contributed by atoms with van der Waals surface area (Å²) in [7, 11) is 0. The van der Waals surface area contributed by atoms with E-state index < -0.39 is 0 Å². The predicted octanol–water partition coefficient (Wildman–Crippen LogP) is 5.58. The first kappa shape index (κ1) is 16.0. The number of aryl methyl sites for hydroxylation is 1. The largest absolute Gasteiger partial charge is 0.488 e. The summed E-state index contributed by atoms with van der Waals surface area (Å²) in [5.74, 6) is 1.37. The molecule has 0 saturated heterocycles. The van der Waals surface area contributed by atoms with Crippen LogP contribution in [0.1, 0.15) is 39.0 Å². The molecule has 0 amide bonds. The van der Waals surface area contributed by atoms with Crippen molar-refractivity contribution in [2.75, 3.05) is 6.61 Å². The zero-order valence-corrected chi connectivity index (χ0v) is 13.9. The van der Waals surface area contributed by atoms with E-state index in [1.54, 1.807) is 0 Å². The summed E-state index contributed by atoms with van der Waals surface area (Å²) in [4.78, 5) is 4.46. The van der Waals surface area contributed by atoms with E-state index in [1.807, 2.05) is 19.1 Å². The maximum Gasteiger partial charge on any atom is 0.195 e. The van der Waals surface area contributed by atoms with E-state index in [1.165, 1.54) is 0 Å². The number of rotatable bonds is 7. The van der Waals surface area contributed by atoms with E-state index in [9.17, 15) is 4.39 Å². The van der Waals surface area contributed by atoms with E-state index in [0.29, 0.717) is 29.7 Å². The van der Waals surface area contributed by atoms with Crippen LogP contribution in [0, 0.1) is 0 Å². The minimum atomic E-state index is 0.230. The Hall–Kier alpha value is -1.36. The lowest BCUT2D eigenvalue weighted by Crippen LogP contribution is -2.00. The minimum Gasteiger partial charge on any atom is -0.488 e. The number of oxazole rings is 1. The Labute approximate surface area is 132 Å². The molecular weight excluding hydrogens is 337 g/mol. The van der Waals surface area contributed by atoms with Crippen molar-refractivity contribution < 1.29 is 13.5 Å². The first-order chi connectivity index (χ1) is 10.2. The smallest absolute Gasteiger partial charge is 0.195 e. The molecule has 0 unspecified atom stereocenters. The molecule has 21 heavy (non-hydrogen) atoms. The number of hydrogen-bond donors (Lipinski definition) is 0. The Bertz CT molecular complexity index is 636. The van der Waals surface area contributed by atoms with E-state index in [0.717, 1.165) is 35.1 Å². The van der Waals surface area contributed by atoms with Crippen LogP contribution in [0.5, 0.6) is 5.75 Å². The molecule has 2 rings (SSSR count). The average molecular weight is 356 g/mol. The fourth-order valence-electron chi connectivity index (χ4n) is 1.92. The highest BCUT2D eigenvalue weighted by molar-refractivity contribution is 9.10. The fraction of sp³-hybridized carbons (Fsp3) is 0.438. The van der Waals surface area contributed by atoms with Crippen LogP contribution >= 0.6 is 15.9 Å². The van der Waals surface area contributed by atoms with Crippen molar-refractivity contribution in [1.29, 1.82) is 0 Å². The van der Waals surface area contributed by atoms with Crippen LogP contribution in [-0.2, 0) is 6.42 Å². The summed E-state index contributed by atoms with van der Waals surface area (Å²) >= 11 is 3.49. The molecule has 0 fully saturated rings. The summed E-state index contributed by atoms with van der Waals surface area (Å²) < 4.78 is 24.7. The first-order valence-electron chi connectivity index (χ1n) is 7.18. The number of hydrogen-bond acceptors (Lipinski definition) is 3. The molecule has 3 nitrogen and oxygen atoms in total. The molecule has 0 aliphatic rings. The van der Waals surface area contributed by atoms with Crippen molar-refractivity contribution in [3.05, 3.63) is 34.4 Å². The van der Waals surface area contributed by atoms with E-state index >= 15 is 0 Å². The van der Waals surface area contributed by atoms with Crippen molar-refractivity contribution in [2.45, 2.75) is 39.5 Å². The summed E-state index contributed by atoms with van der Waals surface area (Å²) in [6.07, 6.45) is 4.21. The molecule has 1 aromatic heterocycles. The van der Waals surface area contributed by atoms with Crippen LogP contribution in [0.4, 0.5) is 4.39 Å². The van der Waals surface area contributed by atoms with Gasteiger partial charge in [-0.2, -0.15) is 0 Å². The third-order valence-electron chi connectivity index (χ3n) is 3.27. The van der Waals surface area contributed by atoms with Gasteiger partial charge in [0.25, 0.3) is 0 Å². The van der Waals surface area contributed by atoms with Gasteiger partial charge in [0.2, 0.25) is 0 Å². The maximum atomic E-state index is 12.6. The van der Waals surface area contributed by atoms with Gasteiger partial charge in [-0.25, -0.2) is 9.37 Å². The highest BCUT2D eigenvalue weighted by atomic mass is 79.9. The van der Waals surface area contributed by atoms with Gasteiger partial charge in [0, 0.05) is 6.42 Å². The lowest BCUT2D eigenvalue weighted by molar-refractivity contribution is 0.343. The average Bonchev–Trinajstić information content (AvgIpc) is 2.92. The number of ether oxygens (including phenoxy) is 1. The minimum absolute atomic E-state index is 0.230. The number of nitrogens with zero attached hydrogens (tertiary/aromatic N) is 1. The van der Waals surface area contributed by atoms with Crippen molar-refractivity contribution in [1.82, 2.24) is 4.98 Å². The van der Waals surface area contributed by atoms with Gasteiger partial charge >= 0.3 is 0 Å². The molecule has 5 heteroatoms. The van der Waals surface area contributed by atoms with Crippen molar-refractivity contribution in [3.63, 3.8) is 0 Å². The SMILES string of the molecule is CCCCc1nc2ccc(OC/C(=C/F)CC)c(Br)c2o1. The van der Waals surface area contributed by atoms with Gasteiger partial charge in [-0.3, -0.25) is 0 Å². The Morgan fingerprint density at radius 1 is 1.43 bits per heavy atom. The Balaban J connectivity index is 2.20. The molecule has 0 bridgehead atoms. The Morgan fingerprint density at radius 3 is 2.90 bits per heavy atom. The summed E-state index contributed by atoms with van der Waals surface area (Å²) in [6.45, 7) is 4.26. The zero-order valence-electron chi connectivity index (χ0n) is 12.3. The van der Waals surface area contributed by atoms with Crippen LogP contribution in [-0.4, -0.2) is 11.6 Å². The third kappa shape index (κ3) is 3.84. The van der Waals surface area contributed by atoms with Crippen LogP contribution < -0.4 is 4.74 Å². The Morgan fingerprint density at radius 2 is 2.24 bits per heavy atom. The predicted molar refractivity (Wildman–Crippen MR) is 85.3 cm³/mol. The molecule has 0 atom stereocenters. The monoisotopic (exact) mass is 355 g/mol. The highest BCUT2D eigenvalue weighted by Crippen LogP contribution is 2.34. The van der Waals surface area contributed by atoms with Crippen LogP contribution in [0.15, 0.2) is 32.9 Å². The van der Waals surface area contributed by atoms with Gasteiger partial charge in [0.05, 0.1) is 6.33 Å². The van der Waals surface area contributed by atoms with Gasteiger partial charge in [0.1, 0.15) is 22.3 Å². The van der Waals surface area contributed by atoms with E-state index in [-0.39, 0.29) is 6.61 Å². The molecule has 0 spiro atoms. The second-order valence-corrected chi connectivity index (χ2v) is 5.64. The third-order valence-corrected chi connectivity index (χ3v) is 4.02. The molecule has 1 heterocycles. The summed E-state index contributed by atoms with van der Waals surface area (Å²) in [5, 5.41) is 0. The zero-order chi connectivity index (χ0) is 15.2. The number of unbranched alkanes of at least 4 members (excludes halogenated alkanes) is 1. The van der Waals surface area contributed by atoms with Crippen molar-refractivity contribution >= 4 is 27.0 Å². The summed E-state index contributed by atoms with van der Waals surface area (Å²) in [5.41, 5.74) is 2.10. The topological polar surface area (TPSA) is 35.3 Å². The van der Waals surface area contributed by atoms with Gasteiger partial charge in [-0.1, -0.05) is 20.3 Å². The van der Waals surface area contributed by atoms with Gasteiger partial charge in [-0.05, 0) is 46.5 Å². The van der Waals surface area contributed by atoms with E-state index in [4.69, 9.17) is 9.15 Å². The first-order valence-corrected chi connectivity index (χ1v) is 7.97. The van der Waals surface area contributed by atoms with Crippen LogP contribution in [0.3, 0.4) is 0 Å². The number of benzene rings is 1. The fourth-order valence-corrected chi connectivity index (χ4v) is 2.45. The second-order valence-electron chi connectivity index (χ2n) is 4.85. The van der Waals surface area contributed by atoms with Crippen molar-refractivity contribution in [3.8, 4) is 5.75 Å². The molecule has 0 aliphatic carbocycles. The van der Waals surface area contributed by atoms with Gasteiger partial charge in [0.15, 0.2) is 11.5 Å². The highest BCUT2D eigenvalue weighted by Gasteiger charge is 2.13. The van der Waals surface area contributed by atoms with Crippen LogP contribution in [0.25, 0.3) is 11.1 Å². The molecule has 0 aliphatic heterocycles. The molecule has 0 N–H and O–H groups in total. The maximum absolute atomic E-state index is 12.6. The molecule has 0 radical (unpaired) electrons. The normalized spacial score (nSPS) is 12.1. The quantitative estimate of drug-likeness (QED) is 0.650. The second kappa shape index (κ2) is 7.59. The lowest BCUT2D eigenvalue weighted by atomic mass is 10.2. The molecular formula is C16H19BrFNO2. The summed E-state index contributed by atoms with van der Waals surface area (Å²) in [6, 6.07) is 3.68. The molecule has 114 valence electrons. The number of halogens is 2. The van der Waals surface area contributed by atoms with E-state index in [2.05, 4.69) is 27.8 Å². The van der Waals surface area contributed by atoms with Gasteiger partial charge in [-0.15, -0.1) is 0 Å². The molecule has 0 saturated carbocycles. The number of fused-ring (bicyclic) bond motifs is 1. The molecule has 1 aromatic carbocycles. The molecule has 2 aromatic rings. The van der Waals surface area contributed by atoms with Gasteiger partial charge < -0.3 is 9.15 Å². The van der Waals surface area contributed by atoms with Crippen molar-refractivity contribution in [2.24, 2.45) is 0 Å². The standard InChI is InChI=1S/C16H19BrFNO2/c1-3-5-6-14-19-12-7-8-13(15(17)16(12)21-14)20-10-11(4-2)9-18/h7-9H,3-6,10H2,1-2H3/b11-9+. The lowest BCUT2D eigenvalue weighted by Gasteiger charge is -2.08. The van der Waals surface area contributed by atoms with Crippen LogP contribution in [0.2, 0.25) is 0 Å². The number of aromatic nitrogens is 1.